The van der Waals surface area contributed by atoms with Crippen LogP contribution in [0.1, 0.15) is 32.6 Å². The van der Waals surface area contributed by atoms with Gasteiger partial charge in [-0.25, -0.2) is 4.79 Å². The van der Waals surface area contributed by atoms with E-state index in [0.717, 1.165) is 17.7 Å². The fraction of sp³-hybridized carbons (Fsp3) is 0.526. The summed E-state index contributed by atoms with van der Waals surface area (Å²) in [4.78, 5) is 27.1. The second-order valence-corrected chi connectivity index (χ2v) is 8.63. The zero-order chi connectivity index (χ0) is 18.7. The Morgan fingerprint density at radius 1 is 1.50 bits per heavy atom. The van der Waals surface area contributed by atoms with Gasteiger partial charge in [-0.2, -0.15) is 5.26 Å². The van der Waals surface area contributed by atoms with E-state index in [2.05, 4.69) is 11.4 Å². The van der Waals surface area contributed by atoms with E-state index in [1.54, 1.807) is 16.7 Å². The molecule has 2 fully saturated rings. The summed E-state index contributed by atoms with van der Waals surface area (Å²) in [5, 5.41) is 21.6. The van der Waals surface area contributed by atoms with Crippen molar-refractivity contribution in [3.63, 3.8) is 0 Å². The van der Waals surface area contributed by atoms with Crippen LogP contribution in [0.4, 0.5) is 10.5 Å². The maximum absolute atomic E-state index is 12.7. The third-order valence-corrected chi connectivity index (χ3v) is 6.60. The molecule has 1 heterocycles. The molecule has 1 saturated heterocycles. The number of carboxylic acids is 1. The predicted molar refractivity (Wildman–Crippen MR) is 100.0 cm³/mol. The number of amides is 2. The van der Waals surface area contributed by atoms with Crippen LogP contribution in [0.5, 0.6) is 0 Å². The smallest absolute Gasteiger partial charge is 0.321 e. The molecule has 1 aromatic carbocycles. The molecule has 0 aromatic heterocycles. The number of aliphatic carboxylic acids is 1. The fourth-order valence-electron chi connectivity index (χ4n) is 4.05. The lowest BCUT2D eigenvalue weighted by molar-refractivity contribution is -0.149. The van der Waals surface area contributed by atoms with Gasteiger partial charge in [-0.1, -0.05) is 25.5 Å². The molecule has 0 bridgehead atoms. The number of carbonyl (C=O) groups excluding carboxylic acids is 1. The summed E-state index contributed by atoms with van der Waals surface area (Å²) in [7, 11) is 0. The fourth-order valence-corrected chi connectivity index (χ4v) is 5.04. The van der Waals surface area contributed by atoms with Crippen LogP contribution in [0.3, 0.4) is 0 Å². The number of carbonyl (C=O) groups is 2. The standard InChI is InChI=1S/C19H23N3O3S/c1-13(8-10-20)26-16-7-3-2-6-15(16)21-18(25)22-11-14-5-4-9-19(14,12-22)17(23)24/h2-3,6-7,13-14H,4-5,8-9,11-12H2,1H3,(H,21,25)(H,23,24)/t13?,14-,19+/m0/s1. The molecule has 6 nitrogen and oxygen atoms in total. The largest absolute Gasteiger partial charge is 0.481 e. The van der Waals surface area contributed by atoms with Gasteiger partial charge in [-0.05, 0) is 30.9 Å². The summed E-state index contributed by atoms with van der Waals surface area (Å²) < 4.78 is 0. The summed E-state index contributed by atoms with van der Waals surface area (Å²) in [6.07, 6.45) is 2.87. The molecule has 2 N–H and O–H groups in total. The number of nitrogens with zero attached hydrogens (tertiary/aromatic N) is 2. The number of fused-ring (bicyclic) bond motifs is 1. The number of para-hydroxylation sites is 1. The molecule has 3 atom stereocenters. The first-order valence-corrected chi connectivity index (χ1v) is 9.76. The molecule has 0 radical (unpaired) electrons. The number of nitrogens with one attached hydrogen (secondary N) is 1. The van der Waals surface area contributed by atoms with Gasteiger partial charge in [0, 0.05) is 29.7 Å². The van der Waals surface area contributed by atoms with Crippen LogP contribution in [0.25, 0.3) is 0 Å². The zero-order valence-electron chi connectivity index (χ0n) is 14.8. The average Bonchev–Trinajstić information content (AvgIpc) is 3.15. The highest BCUT2D eigenvalue weighted by Gasteiger charge is 2.55. The van der Waals surface area contributed by atoms with E-state index < -0.39 is 11.4 Å². The van der Waals surface area contributed by atoms with Crippen LogP contribution in [-0.4, -0.2) is 40.3 Å². The Morgan fingerprint density at radius 3 is 2.96 bits per heavy atom. The average molecular weight is 373 g/mol. The molecule has 2 aliphatic rings. The third-order valence-electron chi connectivity index (χ3n) is 5.42. The molecule has 1 aromatic rings. The molecule has 1 saturated carbocycles. The molecule has 138 valence electrons. The van der Waals surface area contributed by atoms with Crippen molar-refractivity contribution >= 4 is 29.4 Å². The Kier molecular flexibility index (Phi) is 5.42. The van der Waals surface area contributed by atoms with Crippen molar-refractivity contribution in [2.45, 2.75) is 42.8 Å². The van der Waals surface area contributed by atoms with Crippen molar-refractivity contribution in [1.82, 2.24) is 4.90 Å². The van der Waals surface area contributed by atoms with Gasteiger partial charge in [0.2, 0.25) is 0 Å². The highest BCUT2D eigenvalue weighted by Crippen LogP contribution is 2.49. The first-order valence-electron chi connectivity index (χ1n) is 8.88. The number of anilines is 1. The molecule has 3 rings (SSSR count). The summed E-state index contributed by atoms with van der Waals surface area (Å²) in [6, 6.07) is 9.42. The number of nitriles is 1. The monoisotopic (exact) mass is 373 g/mol. The van der Waals surface area contributed by atoms with E-state index >= 15 is 0 Å². The van der Waals surface area contributed by atoms with Crippen LogP contribution in [0.2, 0.25) is 0 Å². The van der Waals surface area contributed by atoms with Crippen molar-refractivity contribution in [1.29, 1.82) is 5.26 Å². The minimum Gasteiger partial charge on any atom is -0.481 e. The number of urea groups is 1. The van der Waals surface area contributed by atoms with Crippen LogP contribution in [0.15, 0.2) is 29.2 Å². The zero-order valence-corrected chi connectivity index (χ0v) is 15.6. The van der Waals surface area contributed by atoms with Crippen molar-refractivity contribution in [3.8, 4) is 6.07 Å². The van der Waals surface area contributed by atoms with Gasteiger partial charge in [0.1, 0.15) is 0 Å². The molecule has 0 spiro atoms. The summed E-state index contributed by atoms with van der Waals surface area (Å²) in [6.45, 7) is 2.75. The van der Waals surface area contributed by atoms with Crippen LogP contribution in [0, 0.1) is 22.7 Å². The molecular formula is C19H23N3O3S. The minimum atomic E-state index is -0.781. The molecule has 26 heavy (non-hydrogen) atoms. The van der Waals surface area contributed by atoms with E-state index in [1.165, 1.54) is 0 Å². The van der Waals surface area contributed by atoms with Crippen molar-refractivity contribution in [2.24, 2.45) is 11.3 Å². The van der Waals surface area contributed by atoms with Crippen molar-refractivity contribution < 1.29 is 14.7 Å². The molecule has 7 heteroatoms. The van der Waals surface area contributed by atoms with E-state index in [9.17, 15) is 14.7 Å². The molecular weight excluding hydrogens is 350 g/mol. The summed E-state index contributed by atoms with van der Waals surface area (Å²) >= 11 is 1.55. The molecule has 2 amide bonds. The SMILES string of the molecule is CC(CC#N)Sc1ccccc1NC(=O)N1C[C@@H]2CCC[C@@]2(C(=O)O)C1. The number of thioether (sulfide) groups is 1. The van der Waals surface area contributed by atoms with Gasteiger partial charge < -0.3 is 15.3 Å². The van der Waals surface area contributed by atoms with Crippen molar-refractivity contribution in [2.75, 3.05) is 18.4 Å². The number of likely N-dealkylation sites (tertiary alicyclic amines) is 1. The van der Waals surface area contributed by atoms with Gasteiger partial charge in [0.05, 0.1) is 17.2 Å². The number of carboxylic acid groups (broad SMARTS) is 1. The van der Waals surface area contributed by atoms with Gasteiger partial charge >= 0.3 is 12.0 Å². The van der Waals surface area contributed by atoms with Gasteiger partial charge in [0.25, 0.3) is 0 Å². The lowest BCUT2D eigenvalue weighted by Gasteiger charge is -2.23. The highest BCUT2D eigenvalue weighted by atomic mass is 32.2. The van der Waals surface area contributed by atoms with Crippen LogP contribution >= 0.6 is 11.8 Å². The first kappa shape index (κ1) is 18.6. The first-order chi connectivity index (χ1) is 12.5. The lowest BCUT2D eigenvalue weighted by Crippen LogP contribution is -2.38. The third kappa shape index (κ3) is 3.51. The van der Waals surface area contributed by atoms with Crippen LogP contribution < -0.4 is 5.32 Å². The number of benzene rings is 1. The molecule has 1 aliphatic carbocycles. The van der Waals surface area contributed by atoms with Gasteiger partial charge in [-0.3, -0.25) is 4.79 Å². The normalized spacial score (nSPS) is 25.4. The van der Waals surface area contributed by atoms with Gasteiger partial charge in [0.15, 0.2) is 0 Å². The summed E-state index contributed by atoms with van der Waals surface area (Å²) in [5.41, 5.74) is -0.0684. The number of hydrogen-bond acceptors (Lipinski definition) is 4. The Labute approximate surface area is 157 Å². The van der Waals surface area contributed by atoms with Crippen LogP contribution in [-0.2, 0) is 4.79 Å². The summed E-state index contributed by atoms with van der Waals surface area (Å²) in [5.74, 6) is -0.734. The Hall–Kier alpha value is -2.20. The minimum absolute atomic E-state index is 0.0472. The Bertz CT molecular complexity index is 748. The maximum Gasteiger partial charge on any atom is 0.321 e. The van der Waals surface area contributed by atoms with Gasteiger partial charge in [-0.15, -0.1) is 11.8 Å². The lowest BCUT2D eigenvalue weighted by atomic mass is 9.81. The van der Waals surface area contributed by atoms with E-state index in [-0.39, 0.29) is 23.7 Å². The van der Waals surface area contributed by atoms with E-state index in [1.807, 2.05) is 31.2 Å². The number of hydrogen-bond donors (Lipinski definition) is 2. The molecule has 1 unspecified atom stereocenters. The predicted octanol–water partition coefficient (Wildman–Crippen LogP) is 3.80. The highest BCUT2D eigenvalue weighted by molar-refractivity contribution is 8.00. The molecule has 1 aliphatic heterocycles. The van der Waals surface area contributed by atoms with Crippen molar-refractivity contribution in [3.05, 3.63) is 24.3 Å². The number of rotatable bonds is 5. The maximum atomic E-state index is 12.7. The Balaban J connectivity index is 1.70. The van der Waals surface area contributed by atoms with E-state index in [4.69, 9.17) is 5.26 Å². The second kappa shape index (κ2) is 7.58. The topological polar surface area (TPSA) is 93.4 Å². The quantitative estimate of drug-likeness (QED) is 0.766. The Morgan fingerprint density at radius 2 is 2.27 bits per heavy atom. The second-order valence-electron chi connectivity index (χ2n) is 7.15. The van der Waals surface area contributed by atoms with E-state index in [0.29, 0.717) is 25.1 Å².